The molecule has 2 aromatic rings. The van der Waals surface area contributed by atoms with Gasteiger partial charge in [-0.25, -0.2) is 9.48 Å². The SMILES string of the molecule is CCCc1ccccc1-n1nc(C(=O)O)c2c1CCC2. The van der Waals surface area contributed by atoms with Crippen molar-refractivity contribution in [3.8, 4) is 5.69 Å². The van der Waals surface area contributed by atoms with E-state index < -0.39 is 5.97 Å². The van der Waals surface area contributed by atoms with Gasteiger partial charge < -0.3 is 5.11 Å². The van der Waals surface area contributed by atoms with Gasteiger partial charge in [0.25, 0.3) is 0 Å². The molecule has 1 aromatic heterocycles. The molecule has 20 heavy (non-hydrogen) atoms. The molecule has 0 aliphatic heterocycles. The van der Waals surface area contributed by atoms with E-state index in [4.69, 9.17) is 0 Å². The summed E-state index contributed by atoms with van der Waals surface area (Å²) in [6.07, 6.45) is 4.80. The second-order valence-corrected chi connectivity index (χ2v) is 5.22. The number of nitrogens with zero attached hydrogens (tertiary/aromatic N) is 2. The average molecular weight is 270 g/mol. The number of aromatic carboxylic acids is 1. The van der Waals surface area contributed by atoms with Crippen molar-refractivity contribution in [3.63, 3.8) is 0 Å². The van der Waals surface area contributed by atoms with Crippen molar-refractivity contribution in [2.45, 2.75) is 39.0 Å². The molecule has 104 valence electrons. The highest BCUT2D eigenvalue weighted by Gasteiger charge is 2.27. The predicted molar refractivity (Wildman–Crippen MR) is 76.5 cm³/mol. The minimum Gasteiger partial charge on any atom is -0.476 e. The molecular weight excluding hydrogens is 252 g/mol. The maximum atomic E-state index is 11.3. The monoisotopic (exact) mass is 270 g/mol. The second kappa shape index (κ2) is 5.12. The fraction of sp³-hybridized carbons (Fsp3) is 0.375. The average Bonchev–Trinajstić information content (AvgIpc) is 3.01. The van der Waals surface area contributed by atoms with Crippen LogP contribution >= 0.6 is 0 Å². The van der Waals surface area contributed by atoms with Gasteiger partial charge in [0.1, 0.15) is 0 Å². The van der Waals surface area contributed by atoms with Gasteiger partial charge in [0.2, 0.25) is 0 Å². The number of hydrogen-bond donors (Lipinski definition) is 1. The zero-order valence-electron chi connectivity index (χ0n) is 11.6. The van der Waals surface area contributed by atoms with Crippen LogP contribution < -0.4 is 0 Å². The molecule has 4 heteroatoms. The number of hydrogen-bond acceptors (Lipinski definition) is 2. The van der Waals surface area contributed by atoms with E-state index in [1.165, 1.54) is 5.56 Å². The molecule has 1 heterocycles. The van der Waals surface area contributed by atoms with E-state index in [0.29, 0.717) is 0 Å². The van der Waals surface area contributed by atoms with Crippen LogP contribution in [0.15, 0.2) is 24.3 Å². The molecular formula is C16H18N2O2. The summed E-state index contributed by atoms with van der Waals surface area (Å²) in [4.78, 5) is 11.3. The van der Waals surface area contributed by atoms with E-state index in [1.54, 1.807) is 0 Å². The molecule has 1 N–H and O–H groups in total. The Bertz CT molecular complexity index is 658. The standard InChI is InChI=1S/C16H18N2O2/c1-2-6-11-7-3-4-9-13(11)18-14-10-5-8-12(14)15(17-18)16(19)20/h3-4,7,9H,2,5-6,8,10H2,1H3,(H,19,20). The molecule has 1 aliphatic carbocycles. The summed E-state index contributed by atoms with van der Waals surface area (Å²) in [5.41, 5.74) is 4.47. The lowest BCUT2D eigenvalue weighted by Gasteiger charge is -2.11. The number of aryl methyl sites for hydroxylation is 1. The molecule has 4 nitrogen and oxygen atoms in total. The van der Waals surface area contributed by atoms with Crippen LogP contribution in [0.4, 0.5) is 0 Å². The van der Waals surface area contributed by atoms with Gasteiger partial charge in [-0.1, -0.05) is 31.5 Å². The molecule has 0 fully saturated rings. The minimum atomic E-state index is -0.921. The fourth-order valence-corrected chi connectivity index (χ4v) is 3.01. The molecule has 0 radical (unpaired) electrons. The first-order valence-corrected chi connectivity index (χ1v) is 7.14. The van der Waals surface area contributed by atoms with Crippen LogP contribution in [-0.2, 0) is 19.3 Å². The van der Waals surface area contributed by atoms with Gasteiger partial charge in [-0.2, -0.15) is 5.10 Å². The van der Waals surface area contributed by atoms with Gasteiger partial charge >= 0.3 is 5.97 Å². The van der Waals surface area contributed by atoms with Crippen molar-refractivity contribution in [1.29, 1.82) is 0 Å². The van der Waals surface area contributed by atoms with Crippen molar-refractivity contribution in [1.82, 2.24) is 9.78 Å². The van der Waals surface area contributed by atoms with E-state index in [-0.39, 0.29) is 5.69 Å². The topological polar surface area (TPSA) is 55.1 Å². The van der Waals surface area contributed by atoms with Crippen LogP contribution in [0, 0.1) is 0 Å². The highest BCUT2D eigenvalue weighted by atomic mass is 16.4. The lowest BCUT2D eigenvalue weighted by Crippen LogP contribution is -2.06. The third kappa shape index (κ3) is 2.01. The fourth-order valence-electron chi connectivity index (χ4n) is 3.01. The van der Waals surface area contributed by atoms with Gasteiger partial charge in [0.15, 0.2) is 5.69 Å². The molecule has 0 bridgehead atoms. The zero-order valence-corrected chi connectivity index (χ0v) is 11.6. The summed E-state index contributed by atoms with van der Waals surface area (Å²) in [6, 6.07) is 8.14. The molecule has 3 rings (SSSR count). The first-order chi connectivity index (χ1) is 9.72. The molecule has 0 amide bonds. The molecule has 0 saturated carbocycles. The van der Waals surface area contributed by atoms with Crippen LogP contribution in [0.1, 0.15) is 47.1 Å². The maximum absolute atomic E-state index is 11.3. The van der Waals surface area contributed by atoms with E-state index in [0.717, 1.165) is 49.0 Å². The van der Waals surface area contributed by atoms with Gasteiger partial charge in [-0.05, 0) is 37.3 Å². The van der Waals surface area contributed by atoms with E-state index in [2.05, 4.69) is 18.1 Å². The van der Waals surface area contributed by atoms with Gasteiger partial charge in [0.05, 0.1) is 5.69 Å². The third-order valence-electron chi connectivity index (χ3n) is 3.87. The lowest BCUT2D eigenvalue weighted by molar-refractivity contribution is 0.0689. The molecule has 1 aliphatic rings. The minimum absolute atomic E-state index is 0.226. The summed E-state index contributed by atoms with van der Waals surface area (Å²) in [5.74, 6) is -0.921. The quantitative estimate of drug-likeness (QED) is 0.929. The summed E-state index contributed by atoms with van der Waals surface area (Å²) < 4.78 is 1.86. The van der Waals surface area contributed by atoms with Crippen molar-refractivity contribution in [3.05, 3.63) is 46.8 Å². The number of carbonyl (C=O) groups is 1. The van der Waals surface area contributed by atoms with Crippen molar-refractivity contribution >= 4 is 5.97 Å². The molecule has 0 atom stereocenters. The Balaban J connectivity index is 2.16. The Labute approximate surface area is 118 Å². The molecule has 1 aromatic carbocycles. The zero-order chi connectivity index (χ0) is 14.1. The highest BCUT2D eigenvalue weighted by Crippen LogP contribution is 2.29. The third-order valence-corrected chi connectivity index (χ3v) is 3.87. The number of aromatic nitrogens is 2. The maximum Gasteiger partial charge on any atom is 0.356 e. The summed E-state index contributed by atoms with van der Waals surface area (Å²) in [6.45, 7) is 2.15. The number of carboxylic acid groups (broad SMARTS) is 1. The summed E-state index contributed by atoms with van der Waals surface area (Å²) in [7, 11) is 0. The Morgan fingerprint density at radius 2 is 2.15 bits per heavy atom. The number of carboxylic acids is 1. The normalized spacial score (nSPS) is 13.4. The second-order valence-electron chi connectivity index (χ2n) is 5.22. The van der Waals surface area contributed by atoms with Crippen LogP contribution in [0.25, 0.3) is 5.69 Å². The first kappa shape index (κ1) is 12.9. The predicted octanol–water partition coefficient (Wildman–Crippen LogP) is 3.01. The number of benzene rings is 1. The Morgan fingerprint density at radius 1 is 1.35 bits per heavy atom. The Morgan fingerprint density at radius 3 is 2.90 bits per heavy atom. The van der Waals surface area contributed by atoms with Gasteiger partial charge in [0, 0.05) is 11.3 Å². The summed E-state index contributed by atoms with van der Waals surface area (Å²) in [5, 5.41) is 13.7. The van der Waals surface area contributed by atoms with E-state index in [9.17, 15) is 9.90 Å². The lowest BCUT2D eigenvalue weighted by atomic mass is 10.1. The summed E-state index contributed by atoms with van der Waals surface area (Å²) >= 11 is 0. The first-order valence-electron chi connectivity index (χ1n) is 7.14. The van der Waals surface area contributed by atoms with Crippen LogP contribution in [0.5, 0.6) is 0 Å². The Hall–Kier alpha value is -2.10. The van der Waals surface area contributed by atoms with Crippen LogP contribution in [0.3, 0.4) is 0 Å². The number of para-hydroxylation sites is 1. The van der Waals surface area contributed by atoms with E-state index in [1.807, 2.05) is 22.9 Å². The van der Waals surface area contributed by atoms with Crippen molar-refractivity contribution < 1.29 is 9.90 Å². The Kier molecular flexibility index (Phi) is 3.30. The van der Waals surface area contributed by atoms with Crippen molar-refractivity contribution in [2.24, 2.45) is 0 Å². The van der Waals surface area contributed by atoms with E-state index >= 15 is 0 Å². The van der Waals surface area contributed by atoms with Crippen molar-refractivity contribution in [2.75, 3.05) is 0 Å². The number of fused-ring (bicyclic) bond motifs is 1. The largest absolute Gasteiger partial charge is 0.476 e. The molecule has 0 spiro atoms. The molecule has 0 saturated heterocycles. The van der Waals surface area contributed by atoms with Gasteiger partial charge in [-0.3, -0.25) is 0 Å². The smallest absolute Gasteiger partial charge is 0.356 e. The van der Waals surface area contributed by atoms with Gasteiger partial charge in [-0.15, -0.1) is 0 Å². The van der Waals surface area contributed by atoms with Crippen LogP contribution in [-0.4, -0.2) is 20.9 Å². The molecule has 0 unspecified atom stereocenters. The highest BCUT2D eigenvalue weighted by molar-refractivity contribution is 5.87. The van der Waals surface area contributed by atoms with Crippen LogP contribution in [0.2, 0.25) is 0 Å². The number of rotatable bonds is 4.